The maximum atomic E-state index is 12.4. The molecule has 3 nitrogen and oxygen atoms in total. The molecular formula is C15H12N2OS. The lowest BCUT2D eigenvalue weighted by molar-refractivity contribution is 0.975. The van der Waals surface area contributed by atoms with E-state index >= 15 is 0 Å². The van der Waals surface area contributed by atoms with Crippen molar-refractivity contribution < 1.29 is 0 Å². The van der Waals surface area contributed by atoms with Gasteiger partial charge >= 0.3 is 0 Å². The summed E-state index contributed by atoms with van der Waals surface area (Å²) < 4.78 is 1.60. The fourth-order valence-corrected chi connectivity index (χ4v) is 2.69. The maximum absolute atomic E-state index is 12.4. The minimum Gasteiger partial charge on any atom is -0.268 e. The molecule has 0 bridgehead atoms. The maximum Gasteiger partial charge on any atom is 0.271 e. The molecule has 0 aliphatic carbocycles. The lowest BCUT2D eigenvalue weighted by Crippen LogP contribution is -2.16. The molecule has 0 aliphatic rings. The molecule has 0 atom stereocenters. The molecule has 3 rings (SSSR count). The normalized spacial score (nSPS) is 10.8. The van der Waals surface area contributed by atoms with Crippen molar-refractivity contribution >= 4 is 17.4 Å². The summed E-state index contributed by atoms with van der Waals surface area (Å²) in [7, 11) is 0. The molecule has 4 heteroatoms. The van der Waals surface area contributed by atoms with Gasteiger partial charge < -0.3 is 0 Å². The second-order valence-electron chi connectivity index (χ2n) is 4.28. The van der Waals surface area contributed by atoms with Gasteiger partial charge in [-0.05, 0) is 30.7 Å². The minimum absolute atomic E-state index is 0.0254. The van der Waals surface area contributed by atoms with E-state index in [0.29, 0.717) is 10.5 Å². The molecule has 94 valence electrons. The largest absolute Gasteiger partial charge is 0.271 e. The van der Waals surface area contributed by atoms with Crippen LogP contribution in [0.2, 0.25) is 0 Å². The Balaban J connectivity index is 2.10. The standard InChI is InChI=1S/C15H12N2OS/c1-11-7-8-14-16-9-13(15(18)17(14)10-11)19-12-5-3-2-4-6-12/h2-10H,1H3. The second-order valence-corrected chi connectivity index (χ2v) is 5.39. The van der Waals surface area contributed by atoms with E-state index in [-0.39, 0.29) is 5.56 Å². The van der Waals surface area contributed by atoms with Gasteiger partial charge in [0.2, 0.25) is 0 Å². The second kappa shape index (κ2) is 4.90. The number of fused-ring (bicyclic) bond motifs is 1. The van der Waals surface area contributed by atoms with E-state index in [0.717, 1.165) is 10.5 Å². The summed E-state index contributed by atoms with van der Waals surface area (Å²) in [5.74, 6) is 0. The van der Waals surface area contributed by atoms with Crippen molar-refractivity contribution in [3.05, 3.63) is 70.8 Å². The van der Waals surface area contributed by atoms with Crippen molar-refractivity contribution in [3.8, 4) is 0 Å². The molecule has 0 saturated carbocycles. The number of hydrogen-bond acceptors (Lipinski definition) is 3. The van der Waals surface area contributed by atoms with Gasteiger partial charge in [0.05, 0.1) is 4.90 Å². The number of rotatable bonds is 2. The van der Waals surface area contributed by atoms with Crippen molar-refractivity contribution in [2.24, 2.45) is 0 Å². The fourth-order valence-electron chi connectivity index (χ4n) is 1.85. The van der Waals surface area contributed by atoms with Crippen LogP contribution in [0, 0.1) is 6.92 Å². The van der Waals surface area contributed by atoms with E-state index in [1.54, 1.807) is 10.6 Å². The lowest BCUT2D eigenvalue weighted by Gasteiger charge is -2.04. The lowest BCUT2D eigenvalue weighted by atomic mass is 10.3. The molecule has 0 aliphatic heterocycles. The number of pyridine rings is 1. The van der Waals surface area contributed by atoms with E-state index in [4.69, 9.17) is 0 Å². The van der Waals surface area contributed by atoms with Crippen LogP contribution in [0.1, 0.15) is 5.56 Å². The first-order valence-corrected chi connectivity index (χ1v) is 6.76. The van der Waals surface area contributed by atoms with Gasteiger partial charge in [-0.25, -0.2) is 4.98 Å². The van der Waals surface area contributed by atoms with Crippen LogP contribution in [-0.2, 0) is 0 Å². The molecular weight excluding hydrogens is 256 g/mol. The zero-order valence-corrected chi connectivity index (χ0v) is 11.2. The summed E-state index contributed by atoms with van der Waals surface area (Å²) >= 11 is 1.44. The highest BCUT2D eigenvalue weighted by Crippen LogP contribution is 2.23. The van der Waals surface area contributed by atoms with Crippen LogP contribution in [0.3, 0.4) is 0 Å². The van der Waals surface area contributed by atoms with Crippen LogP contribution in [0.4, 0.5) is 0 Å². The Morgan fingerprint density at radius 2 is 1.89 bits per heavy atom. The predicted molar refractivity (Wildman–Crippen MR) is 76.8 cm³/mol. The van der Waals surface area contributed by atoms with E-state index in [2.05, 4.69) is 4.98 Å². The first-order valence-electron chi connectivity index (χ1n) is 5.95. The van der Waals surface area contributed by atoms with Gasteiger partial charge in [0.1, 0.15) is 5.65 Å². The third-order valence-corrected chi connectivity index (χ3v) is 3.80. The molecule has 0 fully saturated rings. The summed E-state index contributed by atoms with van der Waals surface area (Å²) in [6.07, 6.45) is 3.46. The average molecular weight is 268 g/mol. The van der Waals surface area contributed by atoms with Crippen LogP contribution >= 0.6 is 11.8 Å². The van der Waals surface area contributed by atoms with E-state index in [1.807, 2.05) is 55.6 Å². The topological polar surface area (TPSA) is 34.4 Å². The molecule has 3 aromatic rings. The highest BCUT2D eigenvalue weighted by Gasteiger charge is 2.06. The quantitative estimate of drug-likeness (QED) is 0.716. The summed E-state index contributed by atoms with van der Waals surface area (Å²) in [4.78, 5) is 18.4. The molecule has 0 amide bonds. The van der Waals surface area contributed by atoms with Crippen LogP contribution in [0.25, 0.3) is 5.65 Å². The molecule has 0 N–H and O–H groups in total. The molecule has 2 aromatic heterocycles. The molecule has 0 saturated heterocycles. The molecule has 2 heterocycles. The summed E-state index contributed by atoms with van der Waals surface area (Å²) in [5.41, 5.74) is 1.69. The first-order chi connectivity index (χ1) is 9.24. The average Bonchev–Trinajstić information content (AvgIpc) is 2.44. The third-order valence-electron chi connectivity index (χ3n) is 2.79. The molecule has 19 heavy (non-hydrogen) atoms. The van der Waals surface area contributed by atoms with E-state index in [9.17, 15) is 4.79 Å². The van der Waals surface area contributed by atoms with Gasteiger partial charge in [-0.1, -0.05) is 36.0 Å². The number of nitrogens with zero attached hydrogens (tertiary/aromatic N) is 2. The Hall–Kier alpha value is -2.07. The minimum atomic E-state index is -0.0254. The Kier molecular flexibility index (Phi) is 3.09. The van der Waals surface area contributed by atoms with Gasteiger partial charge in [0, 0.05) is 17.3 Å². The van der Waals surface area contributed by atoms with E-state index in [1.165, 1.54) is 11.8 Å². The van der Waals surface area contributed by atoms with Gasteiger partial charge in [-0.2, -0.15) is 0 Å². The Morgan fingerprint density at radius 3 is 2.68 bits per heavy atom. The van der Waals surface area contributed by atoms with Crippen LogP contribution in [-0.4, -0.2) is 9.38 Å². The van der Waals surface area contributed by atoms with Gasteiger partial charge in [0.15, 0.2) is 0 Å². The zero-order chi connectivity index (χ0) is 13.2. The van der Waals surface area contributed by atoms with Gasteiger partial charge in [-0.3, -0.25) is 9.20 Å². The van der Waals surface area contributed by atoms with Crippen LogP contribution in [0.15, 0.2) is 69.4 Å². The third kappa shape index (κ3) is 2.39. The van der Waals surface area contributed by atoms with Gasteiger partial charge in [0.25, 0.3) is 5.56 Å². The van der Waals surface area contributed by atoms with Crippen molar-refractivity contribution in [3.63, 3.8) is 0 Å². The Bertz CT molecular complexity index is 781. The summed E-state index contributed by atoms with van der Waals surface area (Å²) in [5, 5.41) is 0. The summed E-state index contributed by atoms with van der Waals surface area (Å²) in [6.45, 7) is 1.96. The van der Waals surface area contributed by atoms with Crippen LogP contribution < -0.4 is 5.56 Å². The van der Waals surface area contributed by atoms with Crippen molar-refractivity contribution in [1.29, 1.82) is 0 Å². The smallest absolute Gasteiger partial charge is 0.268 e. The van der Waals surface area contributed by atoms with Crippen molar-refractivity contribution in [2.45, 2.75) is 16.7 Å². The fraction of sp³-hybridized carbons (Fsp3) is 0.0667. The van der Waals surface area contributed by atoms with Crippen molar-refractivity contribution in [2.75, 3.05) is 0 Å². The van der Waals surface area contributed by atoms with E-state index < -0.39 is 0 Å². The molecule has 0 radical (unpaired) electrons. The summed E-state index contributed by atoms with van der Waals surface area (Å²) in [6, 6.07) is 13.6. The number of hydrogen-bond donors (Lipinski definition) is 0. The monoisotopic (exact) mass is 268 g/mol. The van der Waals surface area contributed by atoms with Gasteiger partial charge in [-0.15, -0.1) is 0 Å². The van der Waals surface area contributed by atoms with Crippen molar-refractivity contribution in [1.82, 2.24) is 9.38 Å². The molecule has 1 aromatic carbocycles. The number of aryl methyl sites for hydroxylation is 1. The highest BCUT2D eigenvalue weighted by molar-refractivity contribution is 7.99. The first kappa shape index (κ1) is 12.0. The molecule has 0 unspecified atom stereocenters. The predicted octanol–water partition coefficient (Wildman–Crippen LogP) is 3.15. The zero-order valence-electron chi connectivity index (χ0n) is 10.4. The number of benzene rings is 1. The highest BCUT2D eigenvalue weighted by atomic mass is 32.2. The Morgan fingerprint density at radius 1 is 1.11 bits per heavy atom. The Labute approximate surface area is 114 Å². The van der Waals surface area contributed by atoms with Crippen LogP contribution in [0.5, 0.6) is 0 Å². The SMILES string of the molecule is Cc1ccc2ncc(Sc3ccccc3)c(=O)n2c1. The molecule has 0 spiro atoms. The number of aromatic nitrogens is 2.